The number of fused-ring (bicyclic) bond motifs is 1. The van der Waals surface area contributed by atoms with E-state index in [1.807, 2.05) is 31.2 Å². The maximum atomic E-state index is 12.3. The summed E-state index contributed by atoms with van der Waals surface area (Å²) in [6.45, 7) is 4.07. The largest absolute Gasteiger partial charge is 0.363 e. The van der Waals surface area contributed by atoms with Crippen molar-refractivity contribution in [2.24, 2.45) is 0 Å². The number of aromatic nitrogens is 3. The van der Waals surface area contributed by atoms with Crippen LogP contribution in [0.1, 0.15) is 58.8 Å². The second-order valence-corrected chi connectivity index (χ2v) is 7.43. The number of carbonyl (C=O) groups is 1. The molecule has 0 radical (unpaired) electrons. The number of benzene rings is 1. The van der Waals surface area contributed by atoms with E-state index >= 15 is 0 Å². The van der Waals surface area contributed by atoms with Gasteiger partial charge in [-0.05, 0) is 69.4 Å². The van der Waals surface area contributed by atoms with E-state index in [1.165, 1.54) is 24.1 Å². The lowest BCUT2D eigenvalue weighted by Crippen LogP contribution is -2.16. The zero-order valence-corrected chi connectivity index (χ0v) is 16.8. The highest BCUT2D eigenvalue weighted by molar-refractivity contribution is 6.04. The van der Waals surface area contributed by atoms with Gasteiger partial charge in [0.05, 0.1) is 0 Å². The van der Waals surface area contributed by atoms with Crippen molar-refractivity contribution in [3.8, 4) is 0 Å². The number of hydrogen-bond donors (Lipinski definition) is 2. The second-order valence-electron chi connectivity index (χ2n) is 7.43. The maximum absolute atomic E-state index is 12.3. The highest BCUT2D eigenvalue weighted by Crippen LogP contribution is 2.28. The van der Waals surface area contributed by atoms with E-state index < -0.39 is 0 Å². The summed E-state index contributed by atoms with van der Waals surface area (Å²) in [5.74, 6) is 1.62. The molecule has 1 aromatic carbocycles. The van der Waals surface area contributed by atoms with E-state index in [9.17, 15) is 4.79 Å². The van der Waals surface area contributed by atoms with Crippen molar-refractivity contribution in [2.45, 2.75) is 45.6 Å². The van der Waals surface area contributed by atoms with Gasteiger partial charge < -0.3 is 10.6 Å². The second kappa shape index (κ2) is 8.39. The van der Waals surface area contributed by atoms with Crippen LogP contribution in [0.25, 0.3) is 0 Å². The lowest BCUT2D eigenvalue weighted by molar-refractivity contribution is 0.102. The maximum Gasteiger partial charge on any atom is 0.255 e. The molecule has 148 valence electrons. The molecule has 0 saturated carbocycles. The number of pyridine rings is 1. The molecule has 1 aliphatic carbocycles. The van der Waals surface area contributed by atoms with Crippen LogP contribution in [0.2, 0.25) is 0 Å². The first-order valence-corrected chi connectivity index (χ1v) is 10.0. The topological polar surface area (TPSA) is 79.8 Å². The Bertz CT molecular complexity index is 1000. The van der Waals surface area contributed by atoms with Crippen LogP contribution in [-0.2, 0) is 12.8 Å². The summed E-state index contributed by atoms with van der Waals surface area (Å²) in [4.78, 5) is 25.5. The van der Waals surface area contributed by atoms with Crippen LogP contribution >= 0.6 is 0 Å². The Balaban J connectivity index is 1.46. The monoisotopic (exact) mass is 387 g/mol. The van der Waals surface area contributed by atoms with Gasteiger partial charge in [0.25, 0.3) is 5.91 Å². The van der Waals surface area contributed by atoms with Crippen molar-refractivity contribution >= 4 is 17.4 Å². The molecular weight excluding hydrogens is 362 g/mol. The zero-order chi connectivity index (χ0) is 20.2. The molecule has 2 N–H and O–H groups in total. The minimum Gasteiger partial charge on any atom is -0.363 e. The summed E-state index contributed by atoms with van der Waals surface area (Å²) in [5, 5.41) is 6.48. The molecule has 29 heavy (non-hydrogen) atoms. The van der Waals surface area contributed by atoms with Crippen molar-refractivity contribution < 1.29 is 4.79 Å². The molecule has 1 atom stereocenters. The molecule has 0 fully saturated rings. The molecule has 0 bridgehead atoms. The molecule has 6 nitrogen and oxygen atoms in total. The fraction of sp³-hybridized carbons (Fsp3) is 0.304. The summed E-state index contributed by atoms with van der Waals surface area (Å²) in [6.07, 6.45) is 7.68. The van der Waals surface area contributed by atoms with Gasteiger partial charge in [-0.1, -0.05) is 12.1 Å². The SMILES string of the molecule is Cc1nc2c(c(NC(C)c3ccc(NC(=O)c4ccncc4)cc3)n1)CCCC2. The lowest BCUT2D eigenvalue weighted by atomic mass is 9.96. The predicted molar refractivity (Wildman–Crippen MR) is 114 cm³/mol. The predicted octanol–water partition coefficient (Wildman–Crippen LogP) is 4.48. The molecule has 2 aromatic heterocycles. The minimum atomic E-state index is -0.144. The molecule has 2 heterocycles. The van der Waals surface area contributed by atoms with Crippen LogP contribution in [0.5, 0.6) is 0 Å². The molecule has 0 saturated heterocycles. The first-order chi connectivity index (χ1) is 14.1. The molecule has 0 spiro atoms. The van der Waals surface area contributed by atoms with Gasteiger partial charge in [0.15, 0.2) is 0 Å². The fourth-order valence-corrected chi connectivity index (χ4v) is 3.69. The van der Waals surface area contributed by atoms with Crippen molar-refractivity contribution in [3.63, 3.8) is 0 Å². The third-order valence-corrected chi connectivity index (χ3v) is 5.26. The molecule has 3 aromatic rings. The van der Waals surface area contributed by atoms with Crippen LogP contribution in [-0.4, -0.2) is 20.9 Å². The third kappa shape index (κ3) is 4.42. The van der Waals surface area contributed by atoms with Gasteiger partial charge >= 0.3 is 0 Å². The lowest BCUT2D eigenvalue weighted by Gasteiger charge is -2.22. The Labute approximate surface area is 170 Å². The standard InChI is InChI=1S/C23H25N5O/c1-15(25-22-20-5-3-4-6-21(20)26-16(2)27-22)17-7-9-19(10-8-17)28-23(29)18-11-13-24-14-12-18/h7-15H,3-6H2,1-2H3,(H,28,29)(H,25,26,27). The molecule has 1 amide bonds. The Morgan fingerprint density at radius 2 is 1.72 bits per heavy atom. The molecule has 6 heteroatoms. The van der Waals surface area contributed by atoms with Gasteiger partial charge in [0, 0.05) is 40.9 Å². The number of hydrogen-bond acceptors (Lipinski definition) is 5. The fourth-order valence-electron chi connectivity index (χ4n) is 3.69. The van der Waals surface area contributed by atoms with Gasteiger partial charge in [-0.25, -0.2) is 9.97 Å². The summed E-state index contributed by atoms with van der Waals surface area (Å²) >= 11 is 0. The van der Waals surface area contributed by atoms with Gasteiger partial charge in [-0.15, -0.1) is 0 Å². The Morgan fingerprint density at radius 3 is 2.48 bits per heavy atom. The third-order valence-electron chi connectivity index (χ3n) is 5.26. The summed E-state index contributed by atoms with van der Waals surface area (Å²) in [6, 6.07) is 11.4. The summed E-state index contributed by atoms with van der Waals surface area (Å²) in [5.41, 5.74) is 4.93. The molecule has 0 aliphatic heterocycles. The van der Waals surface area contributed by atoms with Gasteiger partial charge in [-0.3, -0.25) is 9.78 Å². The summed E-state index contributed by atoms with van der Waals surface area (Å²) in [7, 11) is 0. The molecule has 1 aliphatic rings. The number of anilines is 2. The first-order valence-electron chi connectivity index (χ1n) is 10.0. The number of nitrogens with zero attached hydrogens (tertiary/aromatic N) is 3. The van der Waals surface area contributed by atoms with E-state index in [4.69, 9.17) is 0 Å². The van der Waals surface area contributed by atoms with Crippen molar-refractivity contribution in [2.75, 3.05) is 10.6 Å². The Morgan fingerprint density at radius 1 is 1.00 bits per heavy atom. The van der Waals surface area contributed by atoms with Gasteiger partial charge in [0.1, 0.15) is 11.6 Å². The van der Waals surface area contributed by atoms with Crippen molar-refractivity contribution in [1.82, 2.24) is 15.0 Å². The van der Waals surface area contributed by atoms with Crippen LogP contribution in [0.15, 0.2) is 48.8 Å². The number of aryl methyl sites for hydroxylation is 2. The number of amides is 1. The molecular formula is C23H25N5O. The van der Waals surface area contributed by atoms with Crippen LogP contribution < -0.4 is 10.6 Å². The van der Waals surface area contributed by atoms with Crippen molar-refractivity contribution in [3.05, 3.63) is 77.0 Å². The molecule has 4 rings (SSSR count). The van der Waals surface area contributed by atoms with E-state index in [0.29, 0.717) is 5.56 Å². The van der Waals surface area contributed by atoms with Crippen LogP contribution in [0, 0.1) is 6.92 Å². The number of carbonyl (C=O) groups excluding carboxylic acids is 1. The zero-order valence-electron chi connectivity index (χ0n) is 16.8. The van der Waals surface area contributed by atoms with Crippen molar-refractivity contribution in [1.29, 1.82) is 0 Å². The van der Waals surface area contributed by atoms with E-state index in [1.54, 1.807) is 24.5 Å². The smallest absolute Gasteiger partial charge is 0.255 e. The average Bonchev–Trinajstić information content (AvgIpc) is 2.74. The normalized spacial score (nSPS) is 14.0. The first kappa shape index (κ1) is 19.1. The van der Waals surface area contributed by atoms with Gasteiger partial charge in [-0.2, -0.15) is 0 Å². The van der Waals surface area contributed by atoms with Gasteiger partial charge in [0.2, 0.25) is 0 Å². The Kier molecular flexibility index (Phi) is 5.51. The van der Waals surface area contributed by atoms with Crippen LogP contribution in [0.3, 0.4) is 0 Å². The Hall–Kier alpha value is -3.28. The highest BCUT2D eigenvalue weighted by atomic mass is 16.1. The van der Waals surface area contributed by atoms with E-state index in [2.05, 4.69) is 32.5 Å². The minimum absolute atomic E-state index is 0.0975. The quantitative estimate of drug-likeness (QED) is 0.674. The number of nitrogens with one attached hydrogen (secondary N) is 2. The summed E-state index contributed by atoms with van der Waals surface area (Å²) < 4.78 is 0. The molecule has 1 unspecified atom stereocenters. The number of rotatable bonds is 5. The van der Waals surface area contributed by atoms with E-state index in [-0.39, 0.29) is 11.9 Å². The highest BCUT2D eigenvalue weighted by Gasteiger charge is 2.18. The van der Waals surface area contributed by atoms with Crippen LogP contribution in [0.4, 0.5) is 11.5 Å². The van der Waals surface area contributed by atoms with E-state index in [0.717, 1.165) is 35.7 Å². The average molecular weight is 387 g/mol.